The Morgan fingerprint density at radius 1 is 1.22 bits per heavy atom. The molecule has 1 aliphatic heterocycles. The van der Waals surface area contributed by atoms with Crippen molar-refractivity contribution in [1.29, 1.82) is 0 Å². The van der Waals surface area contributed by atoms with Crippen LogP contribution in [0.5, 0.6) is 0 Å². The summed E-state index contributed by atoms with van der Waals surface area (Å²) >= 11 is 0. The minimum absolute atomic E-state index is 0.298. The molecule has 1 heterocycles. The molecule has 0 aromatic heterocycles. The van der Waals surface area contributed by atoms with Gasteiger partial charge in [-0.05, 0) is 43.5 Å². The summed E-state index contributed by atoms with van der Waals surface area (Å²) in [5.74, 6) is 0. The van der Waals surface area contributed by atoms with Gasteiger partial charge in [-0.1, -0.05) is 0 Å². The molecule has 0 saturated carbocycles. The highest BCUT2D eigenvalue weighted by Crippen LogP contribution is 2.29. The lowest BCUT2D eigenvalue weighted by Crippen LogP contribution is -2.12. The molecule has 1 unspecified atom stereocenters. The quantitative estimate of drug-likeness (QED) is 0.890. The summed E-state index contributed by atoms with van der Waals surface area (Å²) in [6.07, 6.45) is -0.899. The number of hydrogen-bond acceptors (Lipinski definition) is 2. The third-order valence-corrected chi connectivity index (χ3v) is 3.03. The zero-order valence-corrected chi connectivity index (χ0v) is 9.96. The largest absolute Gasteiger partial charge is 0.416 e. The molecule has 100 valence electrons. The zero-order chi connectivity index (χ0) is 13.0. The van der Waals surface area contributed by atoms with Crippen molar-refractivity contribution < 1.29 is 17.9 Å². The van der Waals surface area contributed by atoms with Crippen molar-refractivity contribution in [3.8, 4) is 0 Å². The van der Waals surface area contributed by atoms with Gasteiger partial charge in [-0.25, -0.2) is 0 Å². The van der Waals surface area contributed by atoms with Gasteiger partial charge in [-0.2, -0.15) is 13.2 Å². The molecular weight excluding hydrogens is 243 g/mol. The van der Waals surface area contributed by atoms with E-state index in [1.807, 2.05) is 0 Å². The van der Waals surface area contributed by atoms with Crippen LogP contribution in [0.4, 0.5) is 18.9 Å². The van der Waals surface area contributed by atoms with E-state index in [4.69, 9.17) is 4.74 Å². The van der Waals surface area contributed by atoms with Crippen LogP contribution >= 0.6 is 0 Å². The molecule has 2 rings (SSSR count). The first kappa shape index (κ1) is 13.2. The van der Waals surface area contributed by atoms with Gasteiger partial charge in [0.05, 0.1) is 11.7 Å². The Hall–Kier alpha value is -1.23. The molecule has 1 fully saturated rings. The number of rotatable bonds is 4. The van der Waals surface area contributed by atoms with E-state index in [0.717, 1.165) is 44.5 Å². The predicted octanol–water partition coefficient (Wildman–Crippen LogP) is 3.69. The molecule has 2 nitrogen and oxygen atoms in total. The van der Waals surface area contributed by atoms with Crippen molar-refractivity contribution in [3.63, 3.8) is 0 Å². The third kappa shape index (κ3) is 3.63. The maximum absolute atomic E-state index is 12.3. The molecule has 0 bridgehead atoms. The fraction of sp³-hybridized carbons (Fsp3) is 0.538. The number of alkyl halides is 3. The minimum Gasteiger partial charge on any atom is -0.385 e. The second-order valence-electron chi connectivity index (χ2n) is 4.43. The Labute approximate surface area is 104 Å². The first-order valence-electron chi connectivity index (χ1n) is 6.08. The number of nitrogens with one attached hydrogen (secondary N) is 1. The fourth-order valence-electron chi connectivity index (χ4n) is 2.03. The molecule has 1 N–H and O–H groups in total. The van der Waals surface area contributed by atoms with E-state index in [-0.39, 0.29) is 0 Å². The lowest BCUT2D eigenvalue weighted by atomic mass is 10.1. The Kier molecular flexibility index (Phi) is 4.11. The average molecular weight is 259 g/mol. The fourth-order valence-corrected chi connectivity index (χ4v) is 2.03. The summed E-state index contributed by atoms with van der Waals surface area (Å²) in [4.78, 5) is 0. The van der Waals surface area contributed by atoms with Crippen molar-refractivity contribution >= 4 is 5.69 Å². The Balaban J connectivity index is 1.79. The molecule has 1 aromatic rings. The molecule has 1 aliphatic rings. The summed E-state index contributed by atoms with van der Waals surface area (Å²) < 4.78 is 42.5. The van der Waals surface area contributed by atoms with Crippen LogP contribution in [-0.2, 0) is 10.9 Å². The summed E-state index contributed by atoms with van der Waals surface area (Å²) in [5.41, 5.74) is 0.0909. The van der Waals surface area contributed by atoms with Crippen LogP contribution in [0.25, 0.3) is 0 Å². The molecule has 18 heavy (non-hydrogen) atoms. The van der Waals surface area contributed by atoms with Crippen LogP contribution < -0.4 is 5.32 Å². The average Bonchev–Trinajstić information content (AvgIpc) is 2.82. The van der Waals surface area contributed by atoms with E-state index in [1.165, 1.54) is 12.1 Å². The summed E-state index contributed by atoms with van der Waals surface area (Å²) in [6.45, 7) is 1.54. The first-order valence-corrected chi connectivity index (χ1v) is 6.08. The number of anilines is 1. The number of ether oxygens (including phenoxy) is 1. The van der Waals surface area contributed by atoms with Gasteiger partial charge in [0.25, 0.3) is 0 Å². The van der Waals surface area contributed by atoms with E-state index in [9.17, 15) is 13.2 Å². The van der Waals surface area contributed by atoms with Gasteiger partial charge in [0.15, 0.2) is 0 Å². The Bertz CT molecular complexity index is 369. The number of benzene rings is 1. The van der Waals surface area contributed by atoms with E-state index in [2.05, 4.69) is 5.32 Å². The third-order valence-electron chi connectivity index (χ3n) is 3.03. The Morgan fingerprint density at radius 2 is 1.94 bits per heavy atom. The van der Waals surface area contributed by atoms with E-state index in [0.29, 0.717) is 11.8 Å². The lowest BCUT2D eigenvalue weighted by Gasteiger charge is -2.12. The Morgan fingerprint density at radius 3 is 2.50 bits per heavy atom. The molecule has 0 radical (unpaired) electrons. The first-order chi connectivity index (χ1) is 8.55. The van der Waals surface area contributed by atoms with Crippen LogP contribution in [0.1, 0.15) is 24.8 Å². The SMILES string of the molecule is FC(F)(F)c1ccc(NCCC2CCCO2)cc1. The van der Waals surface area contributed by atoms with Crippen LogP contribution in [0.3, 0.4) is 0 Å². The van der Waals surface area contributed by atoms with Crippen LogP contribution in [-0.4, -0.2) is 19.3 Å². The summed E-state index contributed by atoms with van der Waals surface area (Å²) in [5, 5.41) is 3.10. The minimum atomic E-state index is -4.27. The molecule has 1 saturated heterocycles. The summed E-state index contributed by atoms with van der Waals surface area (Å²) in [6, 6.07) is 5.10. The standard InChI is InChI=1S/C13H16F3NO/c14-13(15,16)10-3-5-11(6-4-10)17-8-7-12-2-1-9-18-12/h3-6,12,17H,1-2,7-9H2. The molecule has 5 heteroatoms. The number of hydrogen-bond donors (Lipinski definition) is 1. The van der Waals surface area contributed by atoms with Crippen molar-refractivity contribution in [2.45, 2.75) is 31.5 Å². The maximum Gasteiger partial charge on any atom is 0.416 e. The molecular formula is C13H16F3NO. The van der Waals surface area contributed by atoms with Gasteiger partial charge in [0, 0.05) is 18.8 Å². The maximum atomic E-state index is 12.3. The van der Waals surface area contributed by atoms with Gasteiger partial charge < -0.3 is 10.1 Å². The summed E-state index contributed by atoms with van der Waals surface area (Å²) in [7, 11) is 0. The van der Waals surface area contributed by atoms with Crippen molar-refractivity contribution in [2.24, 2.45) is 0 Å². The smallest absolute Gasteiger partial charge is 0.385 e. The van der Waals surface area contributed by atoms with Gasteiger partial charge in [-0.3, -0.25) is 0 Å². The number of halogens is 3. The van der Waals surface area contributed by atoms with E-state index in [1.54, 1.807) is 0 Å². The van der Waals surface area contributed by atoms with Crippen LogP contribution in [0.15, 0.2) is 24.3 Å². The van der Waals surface area contributed by atoms with E-state index >= 15 is 0 Å². The molecule has 1 aromatic carbocycles. The van der Waals surface area contributed by atoms with Crippen LogP contribution in [0.2, 0.25) is 0 Å². The topological polar surface area (TPSA) is 21.3 Å². The van der Waals surface area contributed by atoms with Gasteiger partial charge >= 0.3 is 6.18 Å². The second kappa shape index (κ2) is 5.61. The molecule has 1 atom stereocenters. The van der Waals surface area contributed by atoms with Crippen molar-refractivity contribution in [1.82, 2.24) is 0 Å². The van der Waals surface area contributed by atoms with Crippen LogP contribution in [0, 0.1) is 0 Å². The molecule has 0 amide bonds. The van der Waals surface area contributed by atoms with Crippen molar-refractivity contribution in [2.75, 3.05) is 18.5 Å². The zero-order valence-electron chi connectivity index (χ0n) is 9.96. The van der Waals surface area contributed by atoms with Gasteiger partial charge in [0.1, 0.15) is 0 Å². The molecule has 0 aliphatic carbocycles. The molecule has 0 spiro atoms. The highest BCUT2D eigenvalue weighted by atomic mass is 19.4. The highest BCUT2D eigenvalue weighted by molar-refractivity contribution is 5.45. The van der Waals surface area contributed by atoms with Gasteiger partial charge in [-0.15, -0.1) is 0 Å². The second-order valence-corrected chi connectivity index (χ2v) is 4.43. The normalized spacial score (nSPS) is 20.1. The van der Waals surface area contributed by atoms with E-state index < -0.39 is 11.7 Å². The van der Waals surface area contributed by atoms with Crippen molar-refractivity contribution in [3.05, 3.63) is 29.8 Å². The lowest BCUT2D eigenvalue weighted by molar-refractivity contribution is -0.137. The monoisotopic (exact) mass is 259 g/mol. The predicted molar refractivity (Wildman–Crippen MR) is 63.5 cm³/mol. The highest BCUT2D eigenvalue weighted by Gasteiger charge is 2.29. The van der Waals surface area contributed by atoms with Gasteiger partial charge in [0.2, 0.25) is 0 Å².